The topological polar surface area (TPSA) is 41.6 Å². The van der Waals surface area contributed by atoms with Gasteiger partial charge in [0.2, 0.25) is 0 Å². The van der Waals surface area contributed by atoms with Crippen molar-refractivity contribution < 1.29 is 4.39 Å². The lowest BCUT2D eigenvalue weighted by atomic mass is 10.2. The van der Waals surface area contributed by atoms with Crippen LogP contribution in [-0.2, 0) is 6.54 Å². The van der Waals surface area contributed by atoms with Crippen molar-refractivity contribution in [3.8, 4) is 6.07 Å². The maximum Gasteiger partial charge on any atom is 0.168 e. The molecular weight excluding hydrogens is 249 g/mol. The van der Waals surface area contributed by atoms with Crippen molar-refractivity contribution in [2.24, 2.45) is 0 Å². The van der Waals surface area contributed by atoms with E-state index in [9.17, 15) is 4.39 Å². The summed E-state index contributed by atoms with van der Waals surface area (Å²) < 4.78 is 14.8. The van der Waals surface area contributed by atoms with Crippen molar-refractivity contribution in [2.45, 2.75) is 18.1 Å². The monoisotopic (exact) mass is 261 g/mol. The number of aromatic nitrogens is 2. The Morgan fingerprint density at radius 1 is 1.33 bits per heavy atom. The molecule has 3 nitrogen and oxygen atoms in total. The molecule has 0 bridgehead atoms. The van der Waals surface area contributed by atoms with E-state index < -0.39 is 0 Å². The second-order valence-electron chi connectivity index (χ2n) is 3.72. The molecule has 0 aliphatic carbocycles. The average Bonchev–Trinajstić information content (AvgIpc) is 2.80. The van der Waals surface area contributed by atoms with E-state index in [1.807, 2.05) is 10.8 Å². The molecule has 0 N–H and O–H groups in total. The van der Waals surface area contributed by atoms with Crippen molar-refractivity contribution >= 4 is 11.8 Å². The Kier molecular flexibility index (Phi) is 4.37. The number of nitriles is 1. The third-order valence-corrected chi connectivity index (χ3v) is 3.39. The number of imidazole rings is 1. The van der Waals surface area contributed by atoms with Crippen molar-refractivity contribution in [3.63, 3.8) is 0 Å². The van der Waals surface area contributed by atoms with E-state index in [1.54, 1.807) is 30.1 Å². The molecule has 0 amide bonds. The Morgan fingerprint density at radius 3 is 2.83 bits per heavy atom. The fraction of sp³-hybridized carbons (Fsp3) is 0.231. The highest BCUT2D eigenvalue weighted by Crippen LogP contribution is 2.18. The van der Waals surface area contributed by atoms with Gasteiger partial charge in [-0.25, -0.2) is 9.37 Å². The van der Waals surface area contributed by atoms with E-state index in [1.165, 1.54) is 12.1 Å². The smallest absolute Gasteiger partial charge is 0.168 e. The first-order valence-electron chi connectivity index (χ1n) is 5.55. The van der Waals surface area contributed by atoms with Crippen LogP contribution >= 0.6 is 11.8 Å². The fourth-order valence-corrected chi connectivity index (χ4v) is 2.33. The van der Waals surface area contributed by atoms with Crippen LogP contribution in [0.25, 0.3) is 0 Å². The van der Waals surface area contributed by atoms with Crippen LogP contribution in [0.15, 0.2) is 41.8 Å². The second kappa shape index (κ2) is 6.22. The highest BCUT2D eigenvalue weighted by Gasteiger charge is 2.04. The van der Waals surface area contributed by atoms with Crippen LogP contribution in [0.1, 0.15) is 12.0 Å². The van der Waals surface area contributed by atoms with Crippen LogP contribution in [0.5, 0.6) is 0 Å². The highest BCUT2D eigenvalue weighted by molar-refractivity contribution is 7.99. The number of halogens is 1. The van der Waals surface area contributed by atoms with E-state index >= 15 is 0 Å². The van der Waals surface area contributed by atoms with E-state index in [0.717, 1.165) is 16.5 Å². The molecule has 0 radical (unpaired) electrons. The lowest BCUT2D eigenvalue weighted by Gasteiger charge is -2.06. The van der Waals surface area contributed by atoms with E-state index in [2.05, 4.69) is 11.1 Å². The Hall–Kier alpha value is -1.80. The molecule has 18 heavy (non-hydrogen) atoms. The van der Waals surface area contributed by atoms with Crippen LogP contribution in [-0.4, -0.2) is 15.3 Å². The van der Waals surface area contributed by atoms with Gasteiger partial charge in [-0.05, 0) is 17.7 Å². The summed E-state index contributed by atoms with van der Waals surface area (Å²) in [5, 5.41) is 9.38. The molecule has 0 spiro atoms. The third-order valence-electron chi connectivity index (χ3n) is 2.39. The minimum atomic E-state index is -0.229. The summed E-state index contributed by atoms with van der Waals surface area (Å²) in [6.45, 7) is 0.662. The van der Waals surface area contributed by atoms with Gasteiger partial charge in [0, 0.05) is 31.1 Å². The zero-order valence-electron chi connectivity index (χ0n) is 9.71. The van der Waals surface area contributed by atoms with Crippen LogP contribution in [0, 0.1) is 17.1 Å². The minimum Gasteiger partial charge on any atom is -0.322 e. The van der Waals surface area contributed by atoms with E-state index in [0.29, 0.717) is 13.0 Å². The number of hydrogen-bond acceptors (Lipinski definition) is 3. The average molecular weight is 261 g/mol. The van der Waals surface area contributed by atoms with Gasteiger partial charge in [-0.2, -0.15) is 5.26 Å². The Balaban J connectivity index is 2.03. The number of thioether (sulfide) groups is 1. The van der Waals surface area contributed by atoms with Gasteiger partial charge < -0.3 is 4.57 Å². The predicted molar refractivity (Wildman–Crippen MR) is 68.7 cm³/mol. The van der Waals surface area contributed by atoms with Crippen molar-refractivity contribution in [1.29, 1.82) is 5.26 Å². The molecule has 1 aromatic heterocycles. The first-order valence-corrected chi connectivity index (χ1v) is 6.53. The van der Waals surface area contributed by atoms with Crippen molar-refractivity contribution in [2.75, 3.05) is 5.75 Å². The zero-order chi connectivity index (χ0) is 12.8. The van der Waals surface area contributed by atoms with Gasteiger partial charge in [-0.15, -0.1) is 0 Å². The van der Waals surface area contributed by atoms with E-state index in [4.69, 9.17) is 5.26 Å². The van der Waals surface area contributed by atoms with Gasteiger partial charge in [-0.3, -0.25) is 0 Å². The lowest BCUT2D eigenvalue weighted by Crippen LogP contribution is -2.00. The second-order valence-corrected chi connectivity index (χ2v) is 4.78. The molecule has 92 valence electrons. The number of hydrogen-bond donors (Lipinski definition) is 0. The molecule has 0 aliphatic rings. The quantitative estimate of drug-likeness (QED) is 0.613. The number of rotatable bonds is 5. The molecule has 0 saturated heterocycles. The fourth-order valence-electron chi connectivity index (χ4n) is 1.53. The largest absolute Gasteiger partial charge is 0.322 e. The van der Waals surface area contributed by atoms with Crippen LogP contribution in [0.3, 0.4) is 0 Å². The van der Waals surface area contributed by atoms with Gasteiger partial charge in [0.05, 0.1) is 6.07 Å². The first-order chi connectivity index (χ1) is 8.79. The van der Waals surface area contributed by atoms with Gasteiger partial charge in [0.15, 0.2) is 5.16 Å². The minimum absolute atomic E-state index is 0.229. The molecule has 2 rings (SSSR count). The number of nitrogens with zero attached hydrogens (tertiary/aromatic N) is 3. The maximum atomic E-state index is 12.8. The molecule has 0 aliphatic heterocycles. The molecule has 5 heteroatoms. The Bertz CT molecular complexity index is 542. The first kappa shape index (κ1) is 12.7. The summed E-state index contributed by atoms with van der Waals surface area (Å²) in [5.41, 5.74) is 1.02. The molecule has 1 aromatic carbocycles. The van der Waals surface area contributed by atoms with Crippen molar-refractivity contribution in [1.82, 2.24) is 9.55 Å². The van der Waals surface area contributed by atoms with Crippen LogP contribution in [0.4, 0.5) is 4.39 Å². The summed E-state index contributed by atoms with van der Waals surface area (Å²) >= 11 is 1.56. The molecule has 0 fully saturated rings. The predicted octanol–water partition coefficient (Wildman–Crippen LogP) is 3.08. The Labute approximate surface area is 109 Å². The van der Waals surface area contributed by atoms with E-state index in [-0.39, 0.29) is 5.82 Å². The summed E-state index contributed by atoms with van der Waals surface area (Å²) in [4.78, 5) is 4.24. The Morgan fingerprint density at radius 2 is 2.11 bits per heavy atom. The molecule has 0 saturated carbocycles. The van der Waals surface area contributed by atoms with Gasteiger partial charge in [0.25, 0.3) is 0 Å². The standard InChI is InChI=1S/C13H12FN3S/c14-12-4-2-11(3-5-12)10-17-8-7-16-13(17)18-9-1-6-15/h2-5,7-8H,1,9-10H2. The molecule has 0 atom stereocenters. The molecule has 2 aromatic rings. The third kappa shape index (κ3) is 3.34. The highest BCUT2D eigenvalue weighted by atomic mass is 32.2. The summed E-state index contributed by atoms with van der Waals surface area (Å²) in [7, 11) is 0. The normalized spacial score (nSPS) is 10.2. The molecule has 1 heterocycles. The van der Waals surface area contributed by atoms with Crippen LogP contribution in [0.2, 0.25) is 0 Å². The lowest BCUT2D eigenvalue weighted by molar-refractivity contribution is 0.625. The molecular formula is C13H12FN3S. The number of benzene rings is 1. The van der Waals surface area contributed by atoms with Crippen molar-refractivity contribution in [3.05, 3.63) is 48.0 Å². The summed E-state index contributed by atoms with van der Waals surface area (Å²) in [5.74, 6) is 0.504. The van der Waals surface area contributed by atoms with Gasteiger partial charge in [0.1, 0.15) is 5.82 Å². The summed E-state index contributed by atoms with van der Waals surface area (Å²) in [6.07, 6.45) is 4.13. The SMILES string of the molecule is N#CCCSc1nccn1Cc1ccc(F)cc1. The van der Waals surface area contributed by atoms with Gasteiger partial charge in [-0.1, -0.05) is 23.9 Å². The van der Waals surface area contributed by atoms with Gasteiger partial charge >= 0.3 is 0 Å². The molecule has 0 unspecified atom stereocenters. The maximum absolute atomic E-state index is 12.8. The zero-order valence-corrected chi connectivity index (χ0v) is 10.5. The summed E-state index contributed by atoms with van der Waals surface area (Å²) in [6, 6.07) is 8.54. The van der Waals surface area contributed by atoms with Crippen LogP contribution < -0.4 is 0 Å².